The molecule has 3 aromatic rings. The molecule has 150 valence electrons. The van der Waals surface area contributed by atoms with Crippen LogP contribution in [0.25, 0.3) is 17.4 Å². The Hall–Kier alpha value is -3.78. The number of ether oxygens (including phenoxy) is 1. The van der Waals surface area contributed by atoms with Crippen molar-refractivity contribution >= 4 is 40.9 Å². The van der Waals surface area contributed by atoms with E-state index in [-0.39, 0.29) is 16.4 Å². The van der Waals surface area contributed by atoms with Gasteiger partial charge in [0.2, 0.25) is 0 Å². The number of nitrogens with zero attached hydrogens (tertiary/aromatic N) is 1. The van der Waals surface area contributed by atoms with Gasteiger partial charge in [-0.05, 0) is 54.7 Å². The van der Waals surface area contributed by atoms with E-state index in [0.29, 0.717) is 22.8 Å². The highest BCUT2D eigenvalue weighted by atomic mass is 32.1. The van der Waals surface area contributed by atoms with Crippen molar-refractivity contribution < 1.29 is 23.1 Å². The first kappa shape index (κ1) is 19.5. The Morgan fingerprint density at radius 1 is 1.10 bits per heavy atom. The van der Waals surface area contributed by atoms with Crippen molar-refractivity contribution in [1.29, 1.82) is 0 Å². The molecule has 0 unspecified atom stereocenters. The van der Waals surface area contributed by atoms with Gasteiger partial charge >= 0.3 is 0 Å². The van der Waals surface area contributed by atoms with E-state index in [9.17, 15) is 14.0 Å². The Kier molecular flexibility index (Phi) is 5.16. The zero-order valence-corrected chi connectivity index (χ0v) is 16.5. The molecule has 1 fully saturated rings. The smallest absolute Gasteiger partial charge is 0.270 e. The van der Waals surface area contributed by atoms with Crippen LogP contribution in [0.15, 0.2) is 70.7 Å². The second kappa shape index (κ2) is 7.92. The van der Waals surface area contributed by atoms with Crippen molar-refractivity contribution in [1.82, 2.24) is 5.32 Å². The summed E-state index contributed by atoms with van der Waals surface area (Å²) in [6.45, 7) is 0. The number of anilines is 1. The number of hydrogen-bond donors (Lipinski definition) is 1. The van der Waals surface area contributed by atoms with Crippen LogP contribution in [0.4, 0.5) is 10.1 Å². The second-order valence-electron chi connectivity index (χ2n) is 6.34. The van der Waals surface area contributed by atoms with Gasteiger partial charge < -0.3 is 9.15 Å². The monoisotopic (exact) mass is 422 g/mol. The summed E-state index contributed by atoms with van der Waals surface area (Å²) in [4.78, 5) is 26.7. The zero-order chi connectivity index (χ0) is 21.3. The number of halogens is 1. The quantitative estimate of drug-likeness (QED) is 0.392. The fourth-order valence-corrected chi connectivity index (χ4v) is 3.33. The Balaban J connectivity index is 1.70. The molecular formula is C22H15FN2O4S. The maximum absolute atomic E-state index is 13.5. The lowest BCUT2D eigenvalue weighted by molar-refractivity contribution is -0.122. The molecule has 0 saturated carbocycles. The average molecular weight is 422 g/mol. The molecule has 30 heavy (non-hydrogen) atoms. The average Bonchev–Trinajstić information content (AvgIpc) is 3.20. The number of carbonyl (C=O) groups is 2. The van der Waals surface area contributed by atoms with E-state index < -0.39 is 17.6 Å². The van der Waals surface area contributed by atoms with E-state index in [1.54, 1.807) is 48.5 Å². The predicted octanol–water partition coefficient (Wildman–Crippen LogP) is 3.93. The van der Waals surface area contributed by atoms with E-state index in [1.807, 2.05) is 0 Å². The summed E-state index contributed by atoms with van der Waals surface area (Å²) in [5, 5.41) is 2.46. The maximum atomic E-state index is 13.5. The second-order valence-corrected chi connectivity index (χ2v) is 6.73. The molecule has 1 saturated heterocycles. The highest BCUT2D eigenvalue weighted by Crippen LogP contribution is 2.31. The van der Waals surface area contributed by atoms with Crippen LogP contribution in [0.3, 0.4) is 0 Å². The molecule has 4 rings (SSSR count). The van der Waals surface area contributed by atoms with Gasteiger partial charge in [0.25, 0.3) is 11.8 Å². The van der Waals surface area contributed by atoms with Gasteiger partial charge in [-0.15, -0.1) is 0 Å². The molecular weight excluding hydrogens is 407 g/mol. The molecule has 0 spiro atoms. The third kappa shape index (κ3) is 3.60. The van der Waals surface area contributed by atoms with Gasteiger partial charge in [-0.2, -0.15) is 0 Å². The van der Waals surface area contributed by atoms with Crippen molar-refractivity contribution in [3.05, 3.63) is 77.8 Å². The standard InChI is InChI=1S/C22H15FN2O4S/c1-28-19-8-3-2-7-17(19)25-21(27)16(20(26)24-22(25)30)12-15-9-10-18(29-15)13-5-4-6-14(23)11-13/h2-12H,1H3,(H,24,26,30)/b16-12+. The molecule has 6 nitrogen and oxygen atoms in total. The molecule has 1 aliphatic rings. The highest BCUT2D eigenvalue weighted by Gasteiger charge is 2.36. The summed E-state index contributed by atoms with van der Waals surface area (Å²) in [6, 6.07) is 16.0. The Morgan fingerprint density at radius 3 is 2.67 bits per heavy atom. The number of furan rings is 1. The van der Waals surface area contributed by atoms with Gasteiger partial charge in [-0.1, -0.05) is 24.3 Å². The molecule has 0 aliphatic carbocycles. The van der Waals surface area contributed by atoms with Crippen molar-refractivity contribution in [3.63, 3.8) is 0 Å². The fourth-order valence-electron chi connectivity index (χ4n) is 3.06. The van der Waals surface area contributed by atoms with E-state index in [4.69, 9.17) is 21.4 Å². The van der Waals surface area contributed by atoms with Gasteiger partial charge in [0.05, 0.1) is 12.8 Å². The minimum absolute atomic E-state index is 0.0495. The molecule has 2 heterocycles. The minimum atomic E-state index is -0.639. The predicted molar refractivity (Wildman–Crippen MR) is 113 cm³/mol. The number of rotatable bonds is 4. The van der Waals surface area contributed by atoms with Crippen LogP contribution in [0.1, 0.15) is 5.76 Å². The number of amides is 2. The van der Waals surface area contributed by atoms with Crippen LogP contribution >= 0.6 is 12.2 Å². The normalized spacial score (nSPS) is 15.5. The number of hydrogen-bond acceptors (Lipinski definition) is 5. The Labute approximate surface area is 176 Å². The number of benzene rings is 2. The van der Waals surface area contributed by atoms with Gasteiger partial charge in [-0.25, -0.2) is 9.29 Å². The summed E-state index contributed by atoms with van der Waals surface area (Å²) >= 11 is 5.20. The first-order valence-electron chi connectivity index (χ1n) is 8.88. The number of methoxy groups -OCH3 is 1. The third-order valence-electron chi connectivity index (χ3n) is 4.45. The zero-order valence-electron chi connectivity index (χ0n) is 15.7. The molecule has 0 radical (unpaired) electrons. The summed E-state index contributed by atoms with van der Waals surface area (Å²) < 4.78 is 24.4. The van der Waals surface area contributed by atoms with E-state index in [1.165, 1.54) is 30.2 Å². The topological polar surface area (TPSA) is 71.8 Å². The van der Waals surface area contributed by atoms with Gasteiger partial charge in [0.15, 0.2) is 5.11 Å². The summed E-state index contributed by atoms with van der Waals surface area (Å²) in [6.07, 6.45) is 1.32. The maximum Gasteiger partial charge on any atom is 0.270 e. The van der Waals surface area contributed by atoms with E-state index >= 15 is 0 Å². The van der Waals surface area contributed by atoms with Crippen molar-refractivity contribution in [2.75, 3.05) is 12.0 Å². The van der Waals surface area contributed by atoms with Crippen LogP contribution in [0.5, 0.6) is 5.75 Å². The van der Waals surface area contributed by atoms with Crippen molar-refractivity contribution in [2.45, 2.75) is 0 Å². The molecule has 2 amide bonds. The van der Waals surface area contributed by atoms with Crippen LogP contribution < -0.4 is 15.0 Å². The molecule has 0 bridgehead atoms. The van der Waals surface area contributed by atoms with Crippen LogP contribution in [-0.2, 0) is 9.59 Å². The molecule has 1 aromatic heterocycles. The van der Waals surface area contributed by atoms with Crippen molar-refractivity contribution in [2.24, 2.45) is 0 Å². The van der Waals surface area contributed by atoms with Gasteiger partial charge in [-0.3, -0.25) is 14.9 Å². The highest BCUT2D eigenvalue weighted by molar-refractivity contribution is 7.80. The van der Waals surface area contributed by atoms with Crippen LogP contribution in [0.2, 0.25) is 0 Å². The van der Waals surface area contributed by atoms with Crippen LogP contribution in [0, 0.1) is 5.82 Å². The van der Waals surface area contributed by atoms with Crippen molar-refractivity contribution in [3.8, 4) is 17.1 Å². The molecule has 1 aliphatic heterocycles. The number of carbonyl (C=O) groups excluding carboxylic acids is 2. The SMILES string of the molecule is COc1ccccc1N1C(=O)/C(=C/c2ccc(-c3cccc(F)c3)o2)C(=O)NC1=S. The Morgan fingerprint density at radius 2 is 1.90 bits per heavy atom. The summed E-state index contributed by atoms with van der Waals surface area (Å²) in [5.74, 6) is -0.554. The first-order valence-corrected chi connectivity index (χ1v) is 9.29. The first-order chi connectivity index (χ1) is 14.5. The number of thiocarbonyl (C=S) groups is 1. The van der Waals surface area contributed by atoms with Gasteiger partial charge in [0, 0.05) is 5.56 Å². The summed E-state index contributed by atoms with van der Waals surface area (Å²) in [7, 11) is 1.47. The van der Waals surface area contributed by atoms with E-state index in [2.05, 4.69) is 5.32 Å². The molecule has 8 heteroatoms. The molecule has 2 aromatic carbocycles. The molecule has 0 atom stereocenters. The lowest BCUT2D eigenvalue weighted by Crippen LogP contribution is -2.54. The van der Waals surface area contributed by atoms with Gasteiger partial charge in [0.1, 0.15) is 28.7 Å². The third-order valence-corrected chi connectivity index (χ3v) is 4.73. The van der Waals surface area contributed by atoms with E-state index in [0.717, 1.165) is 0 Å². The lowest BCUT2D eigenvalue weighted by atomic mass is 10.1. The lowest BCUT2D eigenvalue weighted by Gasteiger charge is -2.29. The largest absolute Gasteiger partial charge is 0.495 e. The fraction of sp³-hybridized carbons (Fsp3) is 0.0455. The minimum Gasteiger partial charge on any atom is -0.495 e. The summed E-state index contributed by atoms with van der Waals surface area (Å²) in [5.41, 5.74) is 0.784. The Bertz CT molecular complexity index is 1200. The number of nitrogens with one attached hydrogen (secondary N) is 1. The molecule has 1 N–H and O–H groups in total. The van der Waals surface area contributed by atoms with Crippen LogP contribution in [-0.4, -0.2) is 24.0 Å². The number of para-hydroxylation sites is 2.